The Balaban J connectivity index is 2.49. The summed E-state index contributed by atoms with van der Waals surface area (Å²) in [5.41, 5.74) is 2.62. The van der Waals surface area contributed by atoms with E-state index >= 15 is 0 Å². The molecule has 0 fully saturated rings. The van der Waals surface area contributed by atoms with Crippen LogP contribution in [0, 0.1) is 5.92 Å². The van der Waals surface area contributed by atoms with E-state index in [1.165, 1.54) is 11.1 Å². The summed E-state index contributed by atoms with van der Waals surface area (Å²) in [5, 5.41) is 11.7. The van der Waals surface area contributed by atoms with Crippen LogP contribution in [0.3, 0.4) is 0 Å². The van der Waals surface area contributed by atoms with Gasteiger partial charge >= 0.3 is 5.97 Å². The van der Waals surface area contributed by atoms with Crippen molar-refractivity contribution in [2.75, 3.05) is 6.54 Å². The van der Waals surface area contributed by atoms with E-state index in [0.717, 1.165) is 13.0 Å². The van der Waals surface area contributed by atoms with E-state index in [4.69, 9.17) is 5.11 Å². The highest BCUT2D eigenvalue weighted by Crippen LogP contribution is 2.13. The summed E-state index contributed by atoms with van der Waals surface area (Å²) in [6.45, 7) is 5.67. The molecule has 0 aliphatic rings. The van der Waals surface area contributed by atoms with Gasteiger partial charge in [0.15, 0.2) is 0 Å². The Morgan fingerprint density at radius 2 is 1.94 bits per heavy atom. The molecule has 0 aromatic heterocycles. The van der Waals surface area contributed by atoms with E-state index in [2.05, 4.69) is 37.4 Å². The van der Waals surface area contributed by atoms with Crippen LogP contribution in [0.4, 0.5) is 0 Å². The highest BCUT2D eigenvalue weighted by Gasteiger charge is 2.04. The van der Waals surface area contributed by atoms with Crippen molar-refractivity contribution in [3.8, 4) is 0 Å². The molecule has 0 atom stereocenters. The van der Waals surface area contributed by atoms with Crippen LogP contribution in [0.2, 0.25) is 0 Å². The van der Waals surface area contributed by atoms with Crippen molar-refractivity contribution in [2.24, 2.45) is 5.92 Å². The average Bonchev–Trinajstić information content (AvgIpc) is 2.25. The summed E-state index contributed by atoms with van der Waals surface area (Å²) in [4.78, 5) is 10.4. The van der Waals surface area contributed by atoms with Gasteiger partial charge in [0.1, 0.15) is 0 Å². The highest BCUT2D eigenvalue weighted by molar-refractivity contribution is 5.66. The molecule has 0 spiro atoms. The number of carboxylic acid groups (broad SMARTS) is 1. The zero-order valence-corrected chi connectivity index (χ0v) is 10.6. The molecule has 1 aromatic carbocycles. The van der Waals surface area contributed by atoms with Crippen LogP contribution in [0.1, 0.15) is 31.4 Å². The van der Waals surface area contributed by atoms with Gasteiger partial charge in [-0.25, -0.2) is 0 Å². The fourth-order valence-corrected chi connectivity index (χ4v) is 1.79. The molecule has 0 amide bonds. The monoisotopic (exact) mass is 235 g/mol. The Hall–Kier alpha value is -1.35. The highest BCUT2D eigenvalue weighted by atomic mass is 16.4. The molecule has 0 saturated carbocycles. The number of carbonyl (C=O) groups is 1. The number of benzene rings is 1. The lowest BCUT2D eigenvalue weighted by Gasteiger charge is -2.12. The van der Waals surface area contributed by atoms with E-state index in [9.17, 15) is 4.79 Å². The lowest BCUT2D eigenvalue weighted by atomic mass is 9.98. The maximum atomic E-state index is 10.4. The number of hydrogen-bond donors (Lipinski definition) is 2. The SMILES string of the molecule is CC(C)Cc1ccccc1CNCCC(=O)O. The van der Waals surface area contributed by atoms with Crippen LogP contribution in [0.5, 0.6) is 0 Å². The normalized spacial score (nSPS) is 10.8. The molecule has 0 saturated heterocycles. The van der Waals surface area contributed by atoms with Crippen molar-refractivity contribution in [3.05, 3.63) is 35.4 Å². The van der Waals surface area contributed by atoms with Crippen molar-refractivity contribution >= 4 is 5.97 Å². The summed E-state index contributed by atoms with van der Waals surface area (Å²) < 4.78 is 0. The fraction of sp³-hybridized carbons (Fsp3) is 0.500. The molecular formula is C14H21NO2. The number of rotatable bonds is 7. The second kappa shape index (κ2) is 7.07. The molecule has 3 heteroatoms. The predicted molar refractivity (Wildman–Crippen MR) is 68.9 cm³/mol. The Morgan fingerprint density at radius 3 is 2.53 bits per heavy atom. The topological polar surface area (TPSA) is 49.3 Å². The Labute approximate surface area is 103 Å². The largest absolute Gasteiger partial charge is 0.481 e. The first-order valence-electron chi connectivity index (χ1n) is 6.09. The molecule has 3 nitrogen and oxygen atoms in total. The van der Waals surface area contributed by atoms with Gasteiger partial charge in [0.25, 0.3) is 0 Å². The summed E-state index contributed by atoms with van der Waals surface area (Å²) in [6, 6.07) is 8.33. The van der Waals surface area contributed by atoms with Crippen LogP contribution >= 0.6 is 0 Å². The number of hydrogen-bond acceptors (Lipinski definition) is 2. The molecule has 0 aliphatic carbocycles. The summed E-state index contributed by atoms with van der Waals surface area (Å²) >= 11 is 0. The molecule has 0 aliphatic heterocycles. The van der Waals surface area contributed by atoms with E-state index in [1.807, 2.05) is 6.07 Å². The van der Waals surface area contributed by atoms with E-state index < -0.39 is 5.97 Å². The van der Waals surface area contributed by atoms with E-state index in [1.54, 1.807) is 0 Å². The van der Waals surface area contributed by atoms with Gasteiger partial charge in [0.05, 0.1) is 6.42 Å². The molecule has 17 heavy (non-hydrogen) atoms. The van der Waals surface area contributed by atoms with E-state index in [-0.39, 0.29) is 6.42 Å². The minimum Gasteiger partial charge on any atom is -0.481 e. The lowest BCUT2D eigenvalue weighted by molar-refractivity contribution is -0.136. The molecule has 0 unspecified atom stereocenters. The summed E-state index contributed by atoms with van der Waals surface area (Å²) in [7, 11) is 0. The van der Waals surface area contributed by atoms with Gasteiger partial charge in [-0.05, 0) is 23.5 Å². The Morgan fingerprint density at radius 1 is 1.29 bits per heavy atom. The van der Waals surface area contributed by atoms with Crippen molar-refractivity contribution in [2.45, 2.75) is 33.2 Å². The average molecular weight is 235 g/mol. The van der Waals surface area contributed by atoms with Crippen LogP contribution in [-0.2, 0) is 17.8 Å². The quantitative estimate of drug-likeness (QED) is 0.714. The lowest BCUT2D eigenvalue weighted by Crippen LogP contribution is -2.18. The van der Waals surface area contributed by atoms with Crippen LogP contribution < -0.4 is 5.32 Å². The zero-order chi connectivity index (χ0) is 12.7. The molecule has 0 radical (unpaired) electrons. The second-order valence-corrected chi connectivity index (χ2v) is 4.69. The second-order valence-electron chi connectivity index (χ2n) is 4.69. The molecule has 1 aromatic rings. The zero-order valence-electron chi connectivity index (χ0n) is 10.6. The molecule has 2 N–H and O–H groups in total. The van der Waals surface area contributed by atoms with E-state index in [0.29, 0.717) is 12.5 Å². The summed E-state index contributed by atoms with van der Waals surface area (Å²) in [6.07, 6.45) is 1.24. The fourth-order valence-electron chi connectivity index (χ4n) is 1.79. The number of carboxylic acids is 1. The van der Waals surface area contributed by atoms with Gasteiger partial charge < -0.3 is 10.4 Å². The molecule has 1 rings (SSSR count). The number of aliphatic carboxylic acids is 1. The first kappa shape index (κ1) is 13.7. The third-order valence-electron chi connectivity index (χ3n) is 2.58. The maximum absolute atomic E-state index is 10.4. The smallest absolute Gasteiger partial charge is 0.304 e. The standard InChI is InChI=1S/C14H21NO2/c1-11(2)9-12-5-3-4-6-13(12)10-15-8-7-14(16)17/h3-6,11,15H,7-10H2,1-2H3,(H,16,17). The number of nitrogens with one attached hydrogen (secondary N) is 1. The third kappa shape index (κ3) is 5.50. The van der Waals surface area contributed by atoms with Crippen molar-refractivity contribution < 1.29 is 9.90 Å². The van der Waals surface area contributed by atoms with Gasteiger partial charge in [-0.2, -0.15) is 0 Å². The molecule has 94 valence electrons. The van der Waals surface area contributed by atoms with Gasteiger partial charge in [-0.15, -0.1) is 0 Å². The van der Waals surface area contributed by atoms with Gasteiger partial charge in [0.2, 0.25) is 0 Å². The van der Waals surface area contributed by atoms with Gasteiger partial charge in [-0.3, -0.25) is 4.79 Å². The first-order valence-corrected chi connectivity index (χ1v) is 6.09. The van der Waals surface area contributed by atoms with Crippen molar-refractivity contribution in [3.63, 3.8) is 0 Å². The van der Waals surface area contributed by atoms with Crippen LogP contribution in [0.25, 0.3) is 0 Å². The predicted octanol–water partition coefficient (Wildman–Crippen LogP) is 2.45. The Kier molecular flexibility index (Phi) is 5.70. The van der Waals surface area contributed by atoms with Gasteiger partial charge in [-0.1, -0.05) is 38.1 Å². The molecule has 0 heterocycles. The maximum Gasteiger partial charge on any atom is 0.304 e. The third-order valence-corrected chi connectivity index (χ3v) is 2.58. The molecular weight excluding hydrogens is 214 g/mol. The van der Waals surface area contributed by atoms with Crippen LogP contribution in [0.15, 0.2) is 24.3 Å². The minimum atomic E-state index is -0.757. The van der Waals surface area contributed by atoms with Gasteiger partial charge in [0, 0.05) is 13.1 Å². The van der Waals surface area contributed by atoms with Crippen LogP contribution in [-0.4, -0.2) is 17.6 Å². The van der Waals surface area contributed by atoms with Crippen molar-refractivity contribution in [1.82, 2.24) is 5.32 Å². The first-order chi connectivity index (χ1) is 8.09. The molecule has 0 bridgehead atoms. The van der Waals surface area contributed by atoms with Crippen molar-refractivity contribution in [1.29, 1.82) is 0 Å². The summed E-state index contributed by atoms with van der Waals surface area (Å²) in [5.74, 6) is -0.122. The Bertz CT molecular complexity index is 361. The minimum absolute atomic E-state index is 0.173.